The fourth-order valence-corrected chi connectivity index (χ4v) is 7.99. The summed E-state index contributed by atoms with van der Waals surface area (Å²) in [6.07, 6.45) is -0.0214. The van der Waals surface area contributed by atoms with Gasteiger partial charge in [-0.15, -0.1) is 0 Å². The smallest absolute Gasteiger partial charge is 0.316 e. The molecule has 0 radical (unpaired) electrons. The topological polar surface area (TPSA) is 84.0 Å². The van der Waals surface area contributed by atoms with Crippen LogP contribution in [0.15, 0.2) is 91.0 Å². The van der Waals surface area contributed by atoms with Crippen molar-refractivity contribution >= 4 is 58.3 Å². The summed E-state index contributed by atoms with van der Waals surface area (Å²) in [5, 5.41) is 0.567. The van der Waals surface area contributed by atoms with E-state index >= 15 is 0 Å². The second-order valence-corrected chi connectivity index (χ2v) is 12.5. The molecule has 0 unspecified atom stereocenters. The number of ether oxygens (including phenoxy) is 1. The maximum absolute atomic E-state index is 14.0. The van der Waals surface area contributed by atoms with E-state index < -0.39 is 23.7 Å². The molecule has 0 spiro atoms. The third kappa shape index (κ3) is 3.89. The van der Waals surface area contributed by atoms with Gasteiger partial charge in [0.15, 0.2) is 0 Å². The van der Waals surface area contributed by atoms with Crippen LogP contribution < -0.4 is 14.5 Å². The Balaban J connectivity index is 1.02. The molecule has 0 saturated carbocycles. The van der Waals surface area contributed by atoms with Gasteiger partial charge < -0.3 is 9.64 Å². The number of hydrogen-bond acceptors (Lipinski definition) is 5. The van der Waals surface area contributed by atoms with Crippen LogP contribution in [0.5, 0.6) is 5.75 Å². The second kappa shape index (κ2) is 10.0. The van der Waals surface area contributed by atoms with Crippen LogP contribution in [-0.2, 0) is 19.2 Å². The molecule has 2 fully saturated rings. The van der Waals surface area contributed by atoms with Crippen molar-refractivity contribution in [3.05, 3.63) is 123 Å². The highest BCUT2D eigenvalue weighted by atomic mass is 35.5. The summed E-state index contributed by atoms with van der Waals surface area (Å²) >= 11 is 12.4. The number of benzene rings is 4. The quantitative estimate of drug-likeness (QED) is 0.150. The van der Waals surface area contributed by atoms with E-state index in [-0.39, 0.29) is 53.3 Å². The highest BCUT2D eigenvalue weighted by molar-refractivity contribution is 6.44. The number of halogens is 2. The van der Waals surface area contributed by atoms with Crippen molar-refractivity contribution in [2.24, 2.45) is 17.8 Å². The molecule has 9 rings (SSSR count). The van der Waals surface area contributed by atoms with E-state index in [9.17, 15) is 19.2 Å². The van der Waals surface area contributed by atoms with Gasteiger partial charge in [0.05, 0.1) is 39.2 Å². The van der Waals surface area contributed by atoms with E-state index in [2.05, 4.69) is 24.3 Å². The minimum atomic E-state index is -0.694. The Bertz CT molecular complexity index is 1790. The highest BCUT2D eigenvalue weighted by Gasteiger charge is 2.61. The second-order valence-electron chi connectivity index (χ2n) is 11.7. The molecule has 9 heteroatoms. The van der Waals surface area contributed by atoms with Crippen LogP contribution >= 0.6 is 23.2 Å². The largest absolute Gasteiger partial charge is 0.426 e. The molecular weight excluding hydrogens is 599 g/mol. The van der Waals surface area contributed by atoms with Crippen LogP contribution in [0.25, 0.3) is 0 Å². The molecule has 2 heterocycles. The Morgan fingerprint density at radius 3 is 1.80 bits per heavy atom. The maximum atomic E-state index is 14.0. The summed E-state index contributed by atoms with van der Waals surface area (Å²) in [5.74, 6) is -3.01. The van der Waals surface area contributed by atoms with Crippen molar-refractivity contribution in [1.29, 1.82) is 0 Å². The van der Waals surface area contributed by atoms with E-state index in [1.54, 1.807) is 42.5 Å². The molecule has 2 aliphatic heterocycles. The van der Waals surface area contributed by atoms with Gasteiger partial charge >= 0.3 is 5.97 Å². The zero-order valence-corrected chi connectivity index (χ0v) is 24.7. The number of carbonyl (C=O) groups is 4. The molecule has 3 aliphatic carbocycles. The first-order valence-corrected chi connectivity index (χ1v) is 15.2. The van der Waals surface area contributed by atoms with Crippen molar-refractivity contribution in [3.63, 3.8) is 0 Å². The van der Waals surface area contributed by atoms with Crippen LogP contribution in [0.3, 0.4) is 0 Å². The van der Waals surface area contributed by atoms with E-state index in [0.29, 0.717) is 16.4 Å². The molecule has 3 amide bonds. The lowest BCUT2D eigenvalue weighted by Gasteiger charge is -2.45. The van der Waals surface area contributed by atoms with E-state index in [1.165, 1.54) is 9.80 Å². The minimum Gasteiger partial charge on any atom is -0.426 e. The normalized spacial score (nSPS) is 24.8. The summed E-state index contributed by atoms with van der Waals surface area (Å²) in [5.41, 5.74) is 5.34. The summed E-state index contributed by atoms with van der Waals surface area (Å²) < 4.78 is 5.61. The molecule has 5 aliphatic rings. The number of anilines is 2. The highest BCUT2D eigenvalue weighted by Crippen LogP contribution is 2.61. The molecule has 2 saturated heterocycles. The van der Waals surface area contributed by atoms with Gasteiger partial charge in [-0.3, -0.25) is 19.2 Å². The van der Waals surface area contributed by atoms with Crippen molar-refractivity contribution in [2.45, 2.75) is 18.3 Å². The van der Waals surface area contributed by atoms with Gasteiger partial charge in [0.25, 0.3) is 0 Å². The third-order valence-corrected chi connectivity index (χ3v) is 10.3. The predicted molar refractivity (Wildman–Crippen MR) is 165 cm³/mol. The summed E-state index contributed by atoms with van der Waals surface area (Å²) in [7, 11) is 0. The van der Waals surface area contributed by atoms with Gasteiger partial charge in [-0.1, -0.05) is 77.8 Å². The number of carbonyl (C=O) groups excluding carboxylic acids is 4. The summed E-state index contributed by atoms with van der Waals surface area (Å²) in [6.45, 7) is 0.114. The van der Waals surface area contributed by atoms with Gasteiger partial charge in [0, 0.05) is 24.8 Å². The molecule has 218 valence electrons. The standard InChI is InChI=1S/C35H24Cl2N2O5/c36-25-10-5-11-26(32(25)37)38-17-18(16-27(38)40)35(43)44-20-14-12-19(13-15-20)39-33(41)30-28-21-6-1-2-7-22(21)29(31(30)34(39)42)24-9-4-3-8-23(24)28/h1-15,18,28-31H,16-17H2/t18-,28?,29?,30-,31+/m1/s1. The van der Waals surface area contributed by atoms with Gasteiger partial charge in [0.2, 0.25) is 17.7 Å². The maximum Gasteiger partial charge on any atom is 0.316 e. The number of imide groups is 1. The Morgan fingerprint density at radius 2 is 1.25 bits per heavy atom. The first-order chi connectivity index (χ1) is 21.3. The molecular formula is C35H24Cl2N2O5. The molecule has 2 bridgehead atoms. The summed E-state index contributed by atoms with van der Waals surface area (Å²) in [6, 6.07) is 27.6. The lowest BCUT2D eigenvalue weighted by molar-refractivity contribution is -0.139. The van der Waals surface area contributed by atoms with Crippen molar-refractivity contribution in [1.82, 2.24) is 0 Å². The Labute approximate surface area is 262 Å². The average molecular weight is 623 g/mol. The Morgan fingerprint density at radius 1 is 0.705 bits per heavy atom. The molecule has 7 nitrogen and oxygen atoms in total. The van der Waals surface area contributed by atoms with E-state index in [1.807, 2.05) is 24.3 Å². The fourth-order valence-electron chi connectivity index (χ4n) is 7.59. The number of amides is 3. The van der Waals surface area contributed by atoms with Crippen molar-refractivity contribution < 1.29 is 23.9 Å². The lowest BCUT2D eigenvalue weighted by atomic mass is 9.55. The number of rotatable bonds is 4. The number of esters is 1. The van der Waals surface area contributed by atoms with E-state index in [4.69, 9.17) is 27.9 Å². The lowest BCUT2D eigenvalue weighted by Crippen LogP contribution is -2.41. The molecule has 4 aromatic rings. The SMILES string of the molecule is O=C(Oc1ccc(N2C(=O)[C@@H]3C4c5ccccc5C(c5ccccc54)[C@@H]3C2=O)cc1)[C@@H]1CC(=O)N(c2cccc(Cl)c2Cl)C1. The Hall–Kier alpha value is -4.46. The van der Waals surface area contributed by atoms with Crippen LogP contribution in [0, 0.1) is 17.8 Å². The first-order valence-electron chi connectivity index (χ1n) is 14.4. The first kappa shape index (κ1) is 27.1. The average Bonchev–Trinajstić information content (AvgIpc) is 3.55. The van der Waals surface area contributed by atoms with Gasteiger partial charge in [-0.05, 0) is 58.7 Å². The Kier molecular flexibility index (Phi) is 6.19. The van der Waals surface area contributed by atoms with Crippen LogP contribution in [0.2, 0.25) is 10.0 Å². The van der Waals surface area contributed by atoms with Crippen LogP contribution in [0.4, 0.5) is 11.4 Å². The molecule has 4 aromatic carbocycles. The molecule has 0 N–H and O–H groups in total. The summed E-state index contributed by atoms with van der Waals surface area (Å²) in [4.78, 5) is 56.4. The number of nitrogens with zero attached hydrogens (tertiary/aromatic N) is 2. The van der Waals surface area contributed by atoms with Crippen LogP contribution in [-0.4, -0.2) is 30.2 Å². The number of hydrogen-bond donors (Lipinski definition) is 0. The van der Waals surface area contributed by atoms with Crippen molar-refractivity contribution in [2.75, 3.05) is 16.3 Å². The van der Waals surface area contributed by atoms with Gasteiger partial charge in [-0.25, -0.2) is 4.90 Å². The van der Waals surface area contributed by atoms with E-state index in [0.717, 1.165) is 22.3 Å². The van der Waals surface area contributed by atoms with Crippen LogP contribution in [0.1, 0.15) is 40.5 Å². The van der Waals surface area contributed by atoms with Crippen molar-refractivity contribution in [3.8, 4) is 5.75 Å². The monoisotopic (exact) mass is 622 g/mol. The van der Waals surface area contributed by atoms with Gasteiger partial charge in [-0.2, -0.15) is 0 Å². The third-order valence-electron chi connectivity index (χ3n) is 9.44. The predicted octanol–water partition coefficient (Wildman–Crippen LogP) is 6.35. The van der Waals surface area contributed by atoms with Gasteiger partial charge in [0.1, 0.15) is 5.75 Å². The molecule has 3 atom stereocenters. The fraction of sp³-hybridized carbons (Fsp3) is 0.200. The zero-order valence-electron chi connectivity index (χ0n) is 23.2. The minimum absolute atomic E-state index is 0.0214. The molecule has 44 heavy (non-hydrogen) atoms. The zero-order chi connectivity index (χ0) is 30.3. The molecule has 0 aromatic heterocycles.